The van der Waals surface area contributed by atoms with Crippen molar-refractivity contribution in [2.75, 3.05) is 11.9 Å². The molecule has 0 heterocycles. The largest absolute Gasteiger partial charge is 0.478 e. The van der Waals surface area contributed by atoms with E-state index in [2.05, 4.69) is 0 Å². The lowest BCUT2D eigenvalue weighted by molar-refractivity contribution is 0.0696. The Morgan fingerprint density at radius 2 is 1.85 bits per heavy atom. The van der Waals surface area contributed by atoms with Crippen LogP contribution in [-0.4, -0.2) is 18.1 Å². The number of anilines is 1. The van der Waals surface area contributed by atoms with Crippen LogP contribution in [-0.2, 0) is 6.54 Å². The molecular formula is C16H16FNO2. The Labute approximate surface area is 117 Å². The highest BCUT2D eigenvalue weighted by Gasteiger charge is 2.09. The third kappa shape index (κ3) is 3.15. The molecule has 0 amide bonds. The van der Waals surface area contributed by atoms with Gasteiger partial charge in [-0.3, -0.25) is 0 Å². The molecule has 2 rings (SSSR count). The maximum atomic E-state index is 12.9. The predicted octanol–water partition coefficient (Wildman–Crippen LogP) is 3.47. The van der Waals surface area contributed by atoms with Crippen LogP contribution in [0.15, 0.2) is 42.5 Å². The minimum absolute atomic E-state index is 0.252. The summed E-state index contributed by atoms with van der Waals surface area (Å²) in [7, 11) is 1.92. The summed E-state index contributed by atoms with van der Waals surface area (Å²) < 4.78 is 12.9. The number of halogens is 1. The molecule has 2 aromatic rings. The molecule has 0 unspecified atom stereocenters. The summed E-state index contributed by atoms with van der Waals surface area (Å²) in [5, 5.41) is 9.01. The first-order valence-electron chi connectivity index (χ1n) is 6.27. The third-order valence-electron chi connectivity index (χ3n) is 3.21. The van der Waals surface area contributed by atoms with Crippen LogP contribution < -0.4 is 4.90 Å². The summed E-state index contributed by atoms with van der Waals surface area (Å²) in [6.07, 6.45) is 0. The molecule has 0 aliphatic rings. The highest BCUT2D eigenvalue weighted by Crippen LogP contribution is 2.20. The van der Waals surface area contributed by atoms with Crippen LogP contribution in [0.3, 0.4) is 0 Å². The minimum atomic E-state index is -0.921. The summed E-state index contributed by atoms with van der Waals surface area (Å²) in [4.78, 5) is 13.0. The Bertz CT molecular complexity index is 623. The number of carboxylic acids is 1. The van der Waals surface area contributed by atoms with E-state index in [0.29, 0.717) is 12.1 Å². The zero-order valence-corrected chi connectivity index (χ0v) is 11.4. The standard InChI is InChI=1S/C16H16FNO2/c1-11-9-14(7-8-15(11)16(19)20)18(2)10-12-3-5-13(17)6-4-12/h3-9H,10H2,1-2H3,(H,19,20). The Hall–Kier alpha value is -2.36. The van der Waals surface area contributed by atoms with E-state index in [4.69, 9.17) is 5.11 Å². The predicted molar refractivity (Wildman–Crippen MR) is 76.6 cm³/mol. The fourth-order valence-electron chi connectivity index (χ4n) is 2.08. The lowest BCUT2D eigenvalue weighted by Gasteiger charge is -2.20. The lowest BCUT2D eigenvalue weighted by Crippen LogP contribution is -2.16. The van der Waals surface area contributed by atoms with Crippen molar-refractivity contribution in [2.24, 2.45) is 0 Å². The van der Waals surface area contributed by atoms with Crippen molar-refractivity contribution in [3.63, 3.8) is 0 Å². The average molecular weight is 273 g/mol. The van der Waals surface area contributed by atoms with Crippen LogP contribution in [0.4, 0.5) is 10.1 Å². The molecule has 0 saturated carbocycles. The van der Waals surface area contributed by atoms with E-state index >= 15 is 0 Å². The van der Waals surface area contributed by atoms with Crippen LogP contribution in [0.1, 0.15) is 21.5 Å². The van der Waals surface area contributed by atoms with E-state index in [-0.39, 0.29) is 5.82 Å². The highest BCUT2D eigenvalue weighted by molar-refractivity contribution is 5.89. The lowest BCUT2D eigenvalue weighted by atomic mass is 10.1. The van der Waals surface area contributed by atoms with Gasteiger partial charge in [-0.2, -0.15) is 0 Å². The number of nitrogens with zero attached hydrogens (tertiary/aromatic N) is 1. The molecular weight excluding hydrogens is 257 g/mol. The monoisotopic (exact) mass is 273 g/mol. The molecule has 4 heteroatoms. The second-order valence-corrected chi connectivity index (χ2v) is 4.79. The molecule has 0 radical (unpaired) electrons. The molecule has 0 aliphatic carbocycles. The maximum absolute atomic E-state index is 12.9. The number of aryl methyl sites for hydroxylation is 1. The van der Waals surface area contributed by atoms with Gasteiger partial charge in [-0.15, -0.1) is 0 Å². The summed E-state index contributed by atoms with van der Waals surface area (Å²) in [6, 6.07) is 11.6. The second-order valence-electron chi connectivity index (χ2n) is 4.79. The van der Waals surface area contributed by atoms with Gasteiger partial charge >= 0.3 is 5.97 Å². The van der Waals surface area contributed by atoms with Gasteiger partial charge in [-0.1, -0.05) is 12.1 Å². The van der Waals surface area contributed by atoms with Crippen molar-refractivity contribution < 1.29 is 14.3 Å². The van der Waals surface area contributed by atoms with Crippen molar-refractivity contribution in [3.05, 3.63) is 65.0 Å². The van der Waals surface area contributed by atoms with Gasteiger partial charge in [0.15, 0.2) is 0 Å². The van der Waals surface area contributed by atoms with Gasteiger partial charge in [0, 0.05) is 19.3 Å². The Morgan fingerprint density at radius 1 is 1.20 bits per heavy atom. The highest BCUT2D eigenvalue weighted by atomic mass is 19.1. The first kappa shape index (κ1) is 14.1. The van der Waals surface area contributed by atoms with E-state index < -0.39 is 5.97 Å². The van der Waals surface area contributed by atoms with Crippen LogP contribution in [0.5, 0.6) is 0 Å². The SMILES string of the molecule is Cc1cc(N(C)Cc2ccc(F)cc2)ccc1C(=O)O. The summed E-state index contributed by atoms with van der Waals surface area (Å²) in [5.74, 6) is -1.17. The minimum Gasteiger partial charge on any atom is -0.478 e. The van der Waals surface area contributed by atoms with Gasteiger partial charge in [-0.25, -0.2) is 9.18 Å². The number of aromatic carboxylic acids is 1. The molecule has 104 valence electrons. The zero-order chi connectivity index (χ0) is 14.7. The van der Waals surface area contributed by atoms with Gasteiger partial charge in [0.25, 0.3) is 0 Å². The molecule has 1 N–H and O–H groups in total. The molecule has 3 nitrogen and oxygen atoms in total. The van der Waals surface area contributed by atoms with Gasteiger partial charge in [0.2, 0.25) is 0 Å². The first-order chi connectivity index (χ1) is 9.47. The molecule has 0 bridgehead atoms. The van der Waals surface area contributed by atoms with Crippen molar-refractivity contribution in [2.45, 2.75) is 13.5 Å². The summed E-state index contributed by atoms with van der Waals surface area (Å²) in [6.45, 7) is 2.41. The molecule has 20 heavy (non-hydrogen) atoms. The van der Waals surface area contributed by atoms with E-state index in [1.165, 1.54) is 12.1 Å². The van der Waals surface area contributed by atoms with Crippen molar-refractivity contribution >= 4 is 11.7 Å². The first-order valence-corrected chi connectivity index (χ1v) is 6.27. The summed E-state index contributed by atoms with van der Waals surface area (Å²) >= 11 is 0. The summed E-state index contributed by atoms with van der Waals surface area (Å²) in [5.41, 5.74) is 2.95. The van der Waals surface area contributed by atoms with Crippen LogP contribution in [0.2, 0.25) is 0 Å². The van der Waals surface area contributed by atoms with E-state index in [1.54, 1.807) is 31.2 Å². The van der Waals surface area contributed by atoms with E-state index in [9.17, 15) is 9.18 Å². The Kier molecular flexibility index (Phi) is 4.03. The van der Waals surface area contributed by atoms with Gasteiger partial charge in [0.1, 0.15) is 5.82 Å². The fraction of sp³-hybridized carbons (Fsp3) is 0.188. The number of benzene rings is 2. The molecule has 0 saturated heterocycles. The number of hydrogen-bond acceptors (Lipinski definition) is 2. The third-order valence-corrected chi connectivity index (χ3v) is 3.21. The Morgan fingerprint density at radius 3 is 2.40 bits per heavy atom. The number of hydrogen-bond donors (Lipinski definition) is 1. The Balaban J connectivity index is 2.17. The smallest absolute Gasteiger partial charge is 0.335 e. The van der Waals surface area contributed by atoms with Crippen LogP contribution >= 0.6 is 0 Å². The molecule has 0 aliphatic heterocycles. The van der Waals surface area contributed by atoms with Gasteiger partial charge in [0.05, 0.1) is 5.56 Å². The molecule has 0 atom stereocenters. The average Bonchev–Trinajstić information content (AvgIpc) is 2.40. The number of carbonyl (C=O) groups is 1. The zero-order valence-electron chi connectivity index (χ0n) is 11.4. The van der Waals surface area contributed by atoms with Gasteiger partial charge in [-0.05, 0) is 48.4 Å². The second kappa shape index (κ2) is 5.74. The molecule has 0 aromatic heterocycles. The van der Waals surface area contributed by atoms with E-state index in [1.807, 2.05) is 18.0 Å². The van der Waals surface area contributed by atoms with Crippen LogP contribution in [0, 0.1) is 12.7 Å². The molecule has 0 fully saturated rings. The van der Waals surface area contributed by atoms with Crippen molar-refractivity contribution in [1.29, 1.82) is 0 Å². The number of carboxylic acid groups (broad SMARTS) is 1. The van der Waals surface area contributed by atoms with E-state index in [0.717, 1.165) is 16.8 Å². The topological polar surface area (TPSA) is 40.5 Å². The fourth-order valence-corrected chi connectivity index (χ4v) is 2.08. The number of rotatable bonds is 4. The van der Waals surface area contributed by atoms with Crippen LogP contribution in [0.25, 0.3) is 0 Å². The maximum Gasteiger partial charge on any atom is 0.335 e. The van der Waals surface area contributed by atoms with Crippen molar-refractivity contribution in [1.82, 2.24) is 0 Å². The molecule has 2 aromatic carbocycles. The normalized spacial score (nSPS) is 10.3. The molecule has 0 spiro atoms. The van der Waals surface area contributed by atoms with Gasteiger partial charge < -0.3 is 10.0 Å². The quantitative estimate of drug-likeness (QED) is 0.927. The van der Waals surface area contributed by atoms with Crippen molar-refractivity contribution in [3.8, 4) is 0 Å².